The van der Waals surface area contributed by atoms with Crippen LogP contribution in [0.3, 0.4) is 0 Å². The number of carbonyl (C=O) groups excluding carboxylic acids is 1. The molecule has 0 aliphatic rings. The molecule has 2 aromatic carbocycles. The van der Waals surface area contributed by atoms with E-state index in [1.165, 1.54) is 0 Å². The van der Waals surface area contributed by atoms with Crippen molar-refractivity contribution < 1.29 is 9.53 Å². The molecule has 0 atom stereocenters. The zero-order valence-electron chi connectivity index (χ0n) is 11.2. The Morgan fingerprint density at radius 1 is 1.38 bits per heavy atom. The predicted octanol–water partition coefficient (Wildman–Crippen LogP) is 4.33. The maximum Gasteiger partial charge on any atom is 0.252 e. The average molecular weight is 387 g/mol. The van der Waals surface area contributed by atoms with Crippen LogP contribution in [0.15, 0.2) is 45.8 Å². The van der Waals surface area contributed by atoms with E-state index in [1.807, 2.05) is 0 Å². The number of amides is 1. The van der Waals surface area contributed by atoms with Crippen LogP contribution < -0.4 is 10.1 Å². The summed E-state index contributed by atoms with van der Waals surface area (Å²) in [6, 6.07) is 10.7. The Balaban J connectivity index is 2.17. The molecule has 110 valence electrons. The van der Waals surface area contributed by atoms with Gasteiger partial charge >= 0.3 is 0 Å². The summed E-state index contributed by atoms with van der Waals surface area (Å²) in [5, 5.41) is 3.38. The van der Waals surface area contributed by atoms with Gasteiger partial charge in [-0.2, -0.15) is 0 Å². The van der Waals surface area contributed by atoms with Crippen LogP contribution in [0.5, 0.6) is 5.75 Å². The van der Waals surface area contributed by atoms with E-state index < -0.39 is 0 Å². The summed E-state index contributed by atoms with van der Waals surface area (Å²) < 4.78 is 5.96. The first-order valence-corrected chi connectivity index (χ1v) is 7.73. The van der Waals surface area contributed by atoms with Crippen LogP contribution >= 0.6 is 40.2 Å². The van der Waals surface area contributed by atoms with Gasteiger partial charge in [0, 0.05) is 26.5 Å². The molecule has 1 amide bonds. The highest BCUT2D eigenvalue weighted by atomic mass is 79.9. The van der Waals surface area contributed by atoms with Crippen molar-refractivity contribution in [3.05, 3.63) is 57.0 Å². The smallest absolute Gasteiger partial charge is 0.252 e. The van der Waals surface area contributed by atoms with Crippen molar-refractivity contribution in [2.75, 3.05) is 7.11 Å². The van der Waals surface area contributed by atoms with Crippen molar-refractivity contribution in [2.24, 2.45) is 0 Å². The third-order valence-electron chi connectivity index (χ3n) is 2.92. The maximum atomic E-state index is 12.2. The molecule has 21 heavy (non-hydrogen) atoms. The van der Waals surface area contributed by atoms with Crippen LogP contribution in [0.4, 0.5) is 0 Å². The summed E-state index contributed by atoms with van der Waals surface area (Å²) in [6.45, 7) is 0.283. The minimum absolute atomic E-state index is 0.209. The van der Waals surface area contributed by atoms with Gasteiger partial charge in [-0.3, -0.25) is 4.79 Å². The Hall–Kier alpha value is -1.17. The van der Waals surface area contributed by atoms with Crippen LogP contribution in [-0.4, -0.2) is 13.0 Å². The third-order valence-corrected chi connectivity index (χ3v) is 4.24. The van der Waals surface area contributed by atoms with Gasteiger partial charge in [0.1, 0.15) is 5.75 Å². The molecule has 0 bridgehead atoms. The van der Waals surface area contributed by atoms with Crippen LogP contribution in [0.2, 0.25) is 5.02 Å². The lowest BCUT2D eigenvalue weighted by atomic mass is 10.1. The van der Waals surface area contributed by atoms with Crippen molar-refractivity contribution in [2.45, 2.75) is 11.4 Å². The van der Waals surface area contributed by atoms with Gasteiger partial charge in [-0.1, -0.05) is 17.7 Å². The van der Waals surface area contributed by atoms with Crippen LogP contribution in [-0.2, 0) is 6.54 Å². The second-order valence-corrected chi connectivity index (χ2v) is 6.05. The Bertz CT molecular complexity index is 679. The van der Waals surface area contributed by atoms with Crippen molar-refractivity contribution in [1.82, 2.24) is 5.32 Å². The van der Waals surface area contributed by atoms with Gasteiger partial charge in [-0.15, -0.1) is 12.6 Å². The molecule has 0 heterocycles. The van der Waals surface area contributed by atoms with E-state index in [0.29, 0.717) is 20.8 Å². The molecule has 0 aliphatic carbocycles. The molecule has 6 heteroatoms. The lowest BCUT2D eigenvalue weighted by Crippen LogP contribution is -2.23. The Morgan fingerprint density at radius 2 is 2.14 bits per heavy atom. The van der Waals surface area contributed by atoms with Crippen LogP contribution in [0.1, 0.15) is 15.9 Å². The number of carbonyl (C=O) groups is 1. The second kappa shape index (κ2) is 7.20. The summed E-state index contributed by atoms with van der Waals surface area (Å²) in [5.41, 5.74) is 1.27. The van der Waals surface area contributed by atoms with Gasteiger partial charge in [-0.05, 0) is 46.3 Å². The number of rotatable bonds is 4. The largest absolute Gasteiger partial charge is 0.496 e. The molecule has 0 unspecified atom stereocenters. The third kappa shape index (κ3) is 3.93. The minimum Gasteiger partial charge on any atom is -0.496 e. The van der Waals surface area contributed by atoms with Crippen molar-refractivity contribution >= 4 is 46.1 Å². The van der Waals surface area contributed by atoms with Gasteiger partial charge in [0.25, 0.3) is 5.91 Å². The number of hydrogen-bond acceptors (Lipinski definition) is 3. The zero-order valence-corrected chi connectivity index (χ0v) is 14.4. The standard InChI is InChI=1S/C15H13BrClNO2S/c1-20-14-4-2-3-13(17)11(14)8-18-15(19)10-7-9(21)5-6-12(10)16/h2-7,21H,8H2,1H3,(H,18,19). The highest BCUT2D eigenvalue weighted by Gasteiger charge is 2.13. The molecular formula is C15H13BrClNO2S. The fourth-order valence-electron chi connectivity index (χ4n) is 1.85. The Kier molecular flexibility index (Phi) is 5.56. The molecule has 0 spiro atoms. The lowest BCUT2D eigenvalue weighted by Gasteiger charge is -2.12. The lowest BCUT2D eigenvalue weighted by molar-refractivity contribution is 0.0949. The highest BCUT2D eigenvalue weighted by Crippen LogP contribution is 2.26. The van der Waals surface area contributed by atoms with Crippen LogP contribution in [0.25, 0.3) is 0 Å². The molecular weight excluding hydrogens is 374 g/mol. The van der Waals surface area contributed by atoms with Crippen LogP contribution in [0, 0.1) is 0 Å². The first-order chi connectivity index (χ1) is 10.0. The Morgan fingerprint density at radius 3 is 2.86 bits per heavy atom. The monoisotopic (exact) mass is 385 g/mol. The average Bonchev–Trinajstić information content (AvgIpc) is 2.47. The SMILES string of the molecule is COc1cccc(Cl)c1CNC(=O)c1cc(S)ccc1Br. The van der Waals surface area contributed by atoms with Crippen molar-refractivity contribution in [3.63, 3.8) is 0 Å². The normalized spacial score (nSPS) is 10.3. The number of ether oxygens (including phenoxy) is 1. The van der Waals surface area contributed by atoms with Gasteiger partial charge in [0.15, 0.2) is 0 Å². The molecule has 1 N–H and O–H groups in total. The van der Waals surface area contributed by atoms with E-state index in [0.717, 1.165) is 10.5 Å². The number of methoxy groups -OCH3 is 1. The summed E-state index contributed by atoms with van der Waals surface area (Å²) in [6.07, 6.45) is 0. The van der Waals surface area contributed by atoms with E-state index in [2.05, 4.69) is 33.9 Å². The van der Waals surface area contributed by atoms with E-state index >= 15 is 0 Å². The second-order valence-electron chi connectivity index (χ2n) is 4.27. The first kappa shape index (κ1) is 16.2. The van der Waals surface area contributed by atoms with Gasteiger partial charge in [0.05, 0.1) is 12.7 Å². The number of benzene rings is 2. The summed E-state index contributed by atoms with van der Waals surface area (Å²) in [5.74, 6) is 0.435. The van der Waals surface area contributed by atoms with Gasteiger partial charge < -0.3 is 10.1 Å². The molecule has 0 saturated carbocycles. The molecule has 2 rings (SSSR count). The fraction of sp³-hybridized carbons (Fsp3) is 0.133. The molecule has 0 radical (unpaired) electrons. The predicted molar refractivity (Wildman–Crippen MR) is 90.6 cm³/mol. The minimum atomic E-state index is -0.209. The molecule has 3 nitrogen and oxygen atoms in total. The van der Waals surface area contributed by atoms with Crippen molar-refractivity contribution in [3.8, 4) is 5.75 Å². The summed E-state index contributed by atoms with van der Waals surface area (Å²) >= 11 is 13.7. The zero-order chi connectivity index (χ0) is 15.4. The summed E-state index contributed by atoms with van der Waals surface area (Å²) in [4.78, 5) is 13.0. The van der Waals surface area contributed by atoms with E-state index in [1.54, 1.807) is 43.5 Å². The molecule has 0 saturated heterocycles. The first-order valence-electron chi connectivity index (χ1n) is 6.11. The Labute approximate surface area is 142 Å². The van der Waals surface area contributed by atoms with Gasteiger partial charge in [-0.25, -0.2) is 0 Å². The molecule has 2 aromatic rings. The molecule has 0 aromatic heterocycles. The van der Waals surface area contributed by atoms with E-state index in [-0.39, 0.29) is 12.5 Å². The molecule has 0 fully saturated rings. The quantitative estimate of drug-likeness (QED) is 0.768. The summed E-state index contributed by atoms with van der Waals surface area (Å²) in [7, 11) is 1.57. The number of halogens is 2. The highest BCUT2D eigenvalue weighted by molar-refractivity contribution is 9.10. The topological polar surface area (TPSA) is 38.3 Å². The number of thiol groups is 1. The van der Waals surface area contributed by atoms with E-state index in [4.69, 9.17) is 16.3 Å². The fourth-order valence-corrected chi connectivity index (χ4v) is 2.72. The number of nitrogens with one attached hydrogen (secondary N) is 1. The maximum absolute atomic E-state index is 12.2. The van der Waals surface area contributed by atoms with E-state index in [9.17, 15) is 4.79 Å². The molecule has 0 aliphatic heterocycles. The number of hydrogen-bond donors (Lipinski definition) is 2. The van der Waals surface area contributed by atoms with Crippen molar-refractivity contribution in [1.29, 1.82) is 0 Å². The van der Waals surface area contributed by atoms with Gasteiger partial charge in [0.2, 0.25) is 0 Å².